The smallest absolute Gasteiger partial charge is 0.224 e. The third-order valence-corrected chi connectivity index (χ3v) is 22.3. The van der Waals surface area contributed by atoms with Crippen LogP contribution < -0.4 is 11.1 Å². The molecule has 0 atom stereocenters. The van der Waals surface area contributed by atoms with Gasteiger partial charge in [-0.1, -0.05) is 142 Å². The van der Waals surface area contributed by atoms with E-state index >= 15 is 0 Å². The van der Waals surface area contributed by atoms with E-state index in [0.29, 0.717) is 198 Å². The second-order valence-electron chi connectivity index (χ2n) is 24.1. The van der Waals surface area contributed by atoms with E-state index in [0.717, 1.165) is 70.6 Å². The topological polar surface area (TPSA) is 324 Å². The monoisotopic (exact) mass is 1790 g/mol. The zero-order valence-electron chi connectivity index (χ0n) is 73.6. The summed E-state index contributed by atoms with van der Waals surface area (Å²) in [5.74, 6) is 9.62. The Morgan fingerprint density at radius 1 is 0.237 bits per heavy atom. The lowest BCUT2D eigenvalue weighted by Gasteiger charge is -2.19. The minimum atomic E-state index is -0.252. The first-order chi connectivity index (χ1) is 55.0. The Balaban J connectivity index is -0.000000262. The highest BCUT2D eigenvalue weighted by Crippen LogP contribution is 2.20. The first-order valence-electron chi connectivity index (χ1n) is 40.7. The SMILES string of the molecule is CC(=O)CCOCCCOCCCOCCCOCCCOCCCOCCCOCCCOCCCOCCCOCCCOCCCOCCOCCC(C)=O.CC(=O)CN(CC(C)=O)C(=O)CCN.CC(=O)CNCC(C)=O.CC(=O)COCC(C)=O.CCSSCC.CCSSCC.CCSSCC.CCSSCC. The summed E-state index contributed by atoms with van der Waals surface area (Å²) in [4.78, 5) is 96.7. The molecule has 0 unspecified atom stereocenters. The van der Waals surface area contributed by atoms with Crippen LogP contribution in [0.5, 0.6) is 0 Å². The molecule has 3 N–H and O–H groups in total. The number of hydrogen-bond donors (Lipinski definition) is 2. The number of carbonyl (C=O) groups is 9. The van der Waals surface area contributed by atoms with Crippen molar-refractivity contribution in [1.82, 2.24) is 10.2 Å². The number of carbonyl (C=O) groups excluding carboxylic acids is 9. The van der Waals surface area contributed by atoms with E-state index in [4.69, 9.17) is 67.3 Å². The van der Waals surface area contributed by atoms with Crippen molar-refractivity contribution < 1.29 is 109 Å². The van der Waals surface area contributed by atoms with Crippen molar-refractivity contribution in [2.24, 2.45) is 5.73 Å². The highest BCUT2D eigenvalue weighted by molar-refractivity contribution is 8.77. The van der Waals surface area contributed by atoms with E-state index in [1.54, 1.807) is 13.8 Å². The Kier molecular flexibility index (Phi) is 136. The summed E-state index contributed by atoms with van der Waals surface area (Å²) in [6.45, 7) is 47.1. The molecule has 0 aromatic heterocycles. The molecule has 0 saturated carbocycles. The van der Waals surface area contributed by atoms with Crippen molar-refractivity contribution in [3.05, 3.63) is 0 Å². The Hall–Kier alpha value is -1.01. The molecule has 0 bridgehead atoms. The number of Topliss-reactive ketones (excluding diaryl/α,β-unsaturated/α-hetero) is 8. The van der Waals surface area contributed by atoms with E-state index in [9.17, 15) is 43.2 Å². The predicted molar refractivity (Wildman–Crippen MR) is 485 cm³/mol. The molecule has 0 heterocycles. The zero-order chi connectivity index (χ0) is 86.9. The number of amides is 1. The van der Waals surface area contributed by atoms with Gasteiger partial charge in [0, 0.05) is 217 Å². The number of nitrogens with two attached hydrogens (primary N) is 1. The Bertz CT molecular complexity index is 1830. The van der Waals surface area contributed by atoms with E-state index < -0.39 is 0 Å². The van der Waals surface area contributed by atoms with Gasteiger partial charge >= 0.3 is 0 Å². The molecule has 0 fully saturated rings. The maximum absolute atomic E-state index is 11.4. The largest absolute Gasteiger partial charge is 0.381 e. The maximum atomic E-state index is 11.4. The van der Waals surface area contributed by atoms with Gasteiger partial charge < -0.3 is 82.3 Å². The van der Waals surface area contributed by atoms with Gasteiger partial charge in [-0.15, -0.1) is 0 Å². The maximum Gasteiger partial charge on any atom is 0.224 e. The quantitative estimate of drug-likeness (QED) is 0.0422. The summed E-state index contributed by atoms with van der Waals surface area (Å²) in [6, 6.07) is 0. The van der Waals surface area contributed by atoms with Gasteiger partial charge in [0.2, 0.25) is 5.91 Å². The molecule has 0 aromatic rings. The second kappa shape index (κ2) is 121. The molecule has 0 aliphatic rings. The second-order valence-corrected chi connectivity index (χ2v) is 36.3. The van der Waals surface area contributed by atoms with Crippen LogP contribution in [-0.2, 0) is 109 Å². The first kappa shape index (κ1) is 129. The van der Waals surface area contributed by atoms with Crippen LogP contribution in [0.2, 0.25) is 0 Å². The molecule has 0 saturated heterocycles. The summed E-state index contributed by atoms with van der Waals surface area (Å²) in [5, 5.41) is 2.69. The van der Waals surface area contributed by atoms with Crippen molar-refractivity contribution in [2.45, 2.75) is 201 Å². The van der Waals surface area contributed by atoms with Gasteiger partial charge in [0.1, 0.15) is 47.9 Å². The van der Waals surface area contributed by atoms with E-state index in [1.807, 2.05) is 86.4 Å². The van der Waals surface area contributed by atoms with Crippen LogP contribution in [0.25, 0.3) is 0 Å². The van der Waals surface area contributed by atoms with Gasteiger partial charge in [0.05, 0.1) is 52.6 Å². The van der Waals surface area contributed by atoms with Crippen molar-refractivity contribution in [3.63, 3.8) is 0 Å². The lowest BCUT2D eigenvalue weighted by Crippen LogP contribution is -2.39. The van der Waals surface area contributed by atoms with Crippen LogP contribution in [0.1, 0.15) is 201 Å². The van der Waals surface area contributed by atoms with E-state index in [2.05, 4.69) is 65.4 Å². The Labute approximate surface area is 723 Å². The molecule has 0 aliphatic heterocycles. The lowest BCUT2D eigenvalue weighted by atomic mass is 10.3. The molecule has 0 radical (unpaired) electrons. The third-order valence-electron chi connectivity index (χ3n) is 12.1. The average Bonchev–Trinajstić information content (AvgIpc) is 0.924. The lowest BCUT2D eigenvalue weighted by molar-refractivity contribution is -0.137. The van der Waals surface area contributed by atoms with Gasteiger partial charge in [-0.3, -0.25) is 43.2 Å². The van der Waals surface area contributed by atoms with E-state index in [1.165, 1.54) is 92.5 Å². The van der Waals surface area contributed by atoms with Crippen LogP contribution >= 0.6 is 86.4 Å². The molecule has 0 aromatic carbocycles. The fraction of sp³-hybridized carbons (Fsp3) is 0.887. The standard InChI is InChI=1S/C43H84O15.C9H16N2O3.C6H11NO2.C6H10O3.4C4H10S2/c1-42(44)14-38-56-36-12-34-54-32-10-30-52-28-8-26-50-24-6-22-48-20-4-18-46-16-3-17-47-19-5-21-49-23-7-25-51-27-9-29-53-31-11-33-55-35-13-37-57-40-41-58-39-15-43(2)45;1-7(12)5-11(6-8(2)13)9(14)3-4-10;1-5(8)3-7-4-6(2)9;1-5(7)3-9-4-6(2)8;4*1-3-5-6-4-2/h3-41H2,1-2H3;3-6,10H2,1-2H3;7H,3-4H2,1-2H3;3-4H2,1-2H3;4*3-4H2,1-2H3. The van der Waals surface area contributed by atoms with Crippen molar-refractivity contribution in [2.75, 3.05) is 264 Å². The molecular weight excluding hydrogens is 1630 g/mol. The number of ether oxygens (including phenoxy) is 14. The Morgan fingerprint density at radius 3 is 0.579 bits per heavy atom. The summed E-state index contributed by atoms with van der Waals surface area (Å²) >= 11 is 0. The minimum absolute atomic E-state index is 0.0155. The highest BCUT2D eigenvalue weighted by atomic mass is 33.1. The van der Waals surface area contributed by atoms with Crippen molar-refractivity contribution >= 4 is 139 Å². The number of nitrogens with zero attached hydrogens (tertiary/aromatic N) is 1. The van der Waals surface area contributed by atoms with Gasteiger partial charge in [0.25, 0.3) is 0 Å². The fourth-order valence-electron chi connectivity index (χ4n) is 7.24. The van der Waals surface area contributed by atoms with Crippen LogP contribution in [0.3, 0.4) is 0 Å². The predicted octanol–water partition coefficient (Wildman–Crippen LogP) is 14.4. The fourth-order valence-corrected chi connectivity index (χ4v) is 12.6. The third kappa shape index (κ3) is 155. The van der Waals surface area contributed by atoms with Gasteiger partial charge in [-0.2, -0.15) is 0 Å². The average molecular weight is 1790 g/mol. The molecule has 114 heavy (non-hydrogen) atoms. The number of nitrogens with one attached hydrogen (secondary N) is 1. The molecule has 682 valence electrons. The molecule has 26 nitrogen and oxygen atoms in total. The molecule has 0 rings (SSSR count). The summed E-state index contributed by atoms with van der Waals surface area (Å²) < 4.78 is 77.2. The Morgan fingerprint density at radius 2 is 0.421 bits per heavy atom. The van der Waals surface area contributed by atoms with E-state index in [-0.39, 0.29) is 91.4 Å². The van der Waals surface area contributed by atoms with Gasteiger partial charge in [-0.05, 0) is 126 Å². The molecular formula is C80H161N3O23S8. The highest BCUT2D eigenvalue weighted by Gasteiger charge is 2.16. The summed E-state index contributed by atoms with van der Waals surface area (Å²) in [6.07, 6.45) is 10.7. The normalized spacial score (nSPS) is 10.4. The van der Waals surface area contributed by atoms with Crippen LogP contribution in [0.4, 0.5) is 0 Å². The van der Waals surface area contributed by atoms with Gasteiger partial charge in [-0.25, -0.2) is 0 Å². The van der Waals surface area contributed by atoms with Crippen molar-refractivity contribution in [3.8, 4) is 0 Å². The first-order valence-corrected chi connectivity index (χ1v) is 50.7. The van der Waals surface area contributed by atoms with Crippen LogP contribution in [0.15, 0.2) is 0 Å². The van der Waals surface area contributed by atoms with Crippen molar-refractivity contribution in [1.29, 1.82) is 0 Å². The van der Waals surface area contributed by atoms with Crippen LogP contribution in [-0.4, -0.2) is 321 Å². The summed E-state index contributed by atoms with van der Waals surface area (Å²) in [5.41, 5.74) is 5.21. The zero-order valence-corrected chi connectivity index (χ0v) is 80.1. The van der Waals surface area contributed by atoms with Gasteiger partial charge in [0.15, 0.2) is 11.6 Å². The molecule has 1 amide bonds. The number of ketones is 8. The molecule has 0 aliphatic carbocycles. The molecule has 0 spiro atoms. The number of hydrogen-bond acceptors (Lipinski definition) is 33. The minimum Gasteiger partial charge on any atom is -0.381 e. The molecule has 34 heteroatoms. The van der Waals surface area contributed by atoms with Crippen LogP contribution in [0, 0.1) is 0 Å². The summed E-state index contributed by atoms with van der Waals surface area (Å²) in [7, 11) is 15.4. The number of rotatable bonds is 79.